The molecule has 3 atom stereocenters. The molecule has 0 spiro atoms. The van der Waals surface area contributed by atoms with E-state index >= 15 is 0 Å². The van der Waals surface area contributed by atoms with E-state index in [4.69, 9.17) is 0 Å². The molecule has 188 valence electrons. The van der Waals surface area contributed by atoms with Gasteiger partial charge < -0.3 is 4.90 Å². The quantitative estimate of drug-likeness (QED) is 0.283. The van der Waals surface area contributed by atoms with Crippen molar-refractivity contribution in [2.45, 2.75) is 18.3 Å². The Morgan fingerprint density at radius 2 is 1.71 bits per heavy atom. The number of likely N-dealkylation sites (tertiary alicyclic amines) is 1. The van der Waals surface area contributed by atoms with Crippen molar-refractivity contribution in [3.05, 3.63) is 131 Å². The Bertz CT molecular complexity index is 1700. The summed E-state index contributed by atoms with van der Waals surface area (Å²) in [4.78, 5) is 15.3. The highest BCUT2D eigenvalue weighted by Crippen LogP contribution is 2.69. The predicted octanol–water partition coefficient (Wildman–Crippen LogP) is 6.42. The number of piperidine rings is 1. The molecule has 0 bridgehead atoms. The number of hydrogen-bond acceptors (Lipinski definition) is 2. The van der Waals surface area contributed by atoms with Crippen LogP contribution in [-0.4, -0.2) is 33.7 Å². The third-order valence-electron chi connectivity index (χ3n) is 8.38. The Labute approximate surface area is 219 Å². The zero-order valence-electron chi connectivity index (χ0n) is 20.8. The molecule has 1 aliphatic carbocycles. The fourth-order valence-electron chi connectivity index (χ4n) is 6.69. The molecule has 38 heavy (non-hydrogen) atoms. The van der Waals surface area contributed by atoms with Crippen LogP contribution >= 0.6 is 0 Å². The number of aromatic nitrogens is 2. The minimum absolute atomic E-state index is 0.134. The van der Waals surface area contributed by atoms with Gasteiger partial charge in [0.15, 0.2) is 0 Å². The standard InChI is InChI=1S/C32H25F2N3O/c1-20-14-29-23(17-35-37(29)26-12-10-24(33)11-13-26)16-27(20)32-19-36(31(38)22-8-5-9-25(34)15-22)18-28(32)30(32)21-6-3-2-4-7-21/h2-17,28,30H,18-19H2,1H3/t28-,30-,32+/m1/s1. The van der Waals surface area contributed by atoms with Crippen LogP contribution in [0.1, 0.15) is 33.0 Å². The molecule has 0 N–H and O–H groups in total. The number of hydrogen-bond donors (Lipinski definition) is 0. The number of amides is 1. The molecular weight excluding hydrogens is 480 g/mol. The van der Waals surface area contributed by atoms with Crippen LogP contribution in [0, 0.1) is 24.5 Å². The first-order valence-electron chi connectivity index (χ1n) is 12.8. The number of aryl methyl sites for hydroxylation is 1. The second kappa shape index (κ2) is 8.35. The molecule has 6 heteroatoms. The first kappa shape index (κ1) is 22.8. The van der Waals surface area contributed by atoms with Gasteiger partial charge in [0.25, 0.3) is 5.91 Å². The number of carbonyl (C=O) groups is 1. The Morgan fingerprint density at radius 3 is 2.47 bits per heavy atom. The highest BCUT2D eigenvalue weighted by molar-refractivity contribution is 5.95. The third kappa shape index (κ3) is 3.40. The van der Waals surface area contributed by atoms with E-state index in [1.54, 1.807) is 24.3 Å². The molecule has 1 saturated heterocycles. The van der Waals surface area contributed by atoms with Gasteiger partial charge in [-0.05, 0) is 84.1 Å². The maximum Gasteiger partial charge on any atom is 0.253 e. The predicted molar refractivity (Wildman–Crippen MR) is 142 cm³/mol. The summed E-state index contributed by atoms with van der Waals surface area (Å²) in [5, 5.41) is 5.60. The molecule has 4 nitrogen and oxygen atoms in total. The second-order valence-corrected chi connectivity index (χ2v) is 10.5. The SMILES string of the molecule is Cc1cc2c(cnn2-c2ccc(F)cc2)cc1[C@@]12CN(C(=O)c3cccc(F)c3)C[C@@H]1[C@H]2c1ccccc1. The summed E-state index contributed by atoms with van der Waals surface area (Å²) in [7, 11) is 0. The van der Waals surface area contributed by atoms with Crippen LogP contribution in [0.4, 0.5) is 8.78 Å². The molecule has 4 aromatic carbocycles. The van der Waals surface area contributed by atoms with E-state index in [1.807, 2.05) is 21.8 Å². The van der Waals surface area contributed by atoms with E-state index in [9.17, 15) is 13.6 Å². The summed E-state index contributed by atoms with van der Waals surface area (Å²) < 4.78 is 29.2. The van der Waals surface area contributed by atoms with E-state index < -0.39 is 5.82 Å². The van der Waals surface area contributed by atoms with Gasteiger partial charge in [-0.1, -0.05) is 36.4 Å². The maximum atomic E-state index is 13.9. The lowest BCUT2D eigenvalue weighted by atomic mass is 9.86. The van der Waals surface area contributed by atoms with Gasteiger partial charge in [-0.15, -0.1) is 0 Å². The largest absolute Gasteiger partial charge is 0.337 e. The minimum Gasteiger partial charge on any atom is -0.337 e. The van der Waals surface area contributed by atoms with Crippen molar-refractivity contribution >= 4 is 16.8 Å². The second-order valence-electron chi connectivity index (χ2n) is 10.5. The first-order valence-corrected chi connectivity index (χ1v) is 12.8. The van der Waals surface area contributed by atoms with Gasteiger partial charge >= 0.3 is 0 Å². The monoisotopic (exact) mass is 505 g/mol. The normalized spacial score (nSPS) is 22.0. The molecular formula is C32H25F2N3O. The molecule has 5 aromatic rings. The number of benzene rings is 4. The van der Waals surface area contributed by atoms with Crippen LogP contribution in [0.3, 0.4) is 0 Å². The molecule has 7 rings (SSSR count). The van der Waals surface area contributed by atoms with Gasteiger partial charge in [-0.2, -0.15) is 5.10 Å². The van der Waals surface area contributed by atoms with Crippen molar-refractivity contribution in [2.75, 3.05) is 13.1 Å². The number of halogens is 2. The highest BCUT2D eigenvalue weighted by Gasteiger charge is 2.70. The lowest BCUT2D eigenvalue weighted by Crippen LogP contribution is -2.34. The summed E-state index contributed by atoms with van der Waals surface area (Å²) >= 11 is 0. The lowest BCUT2D eigenvalue weighted by molar-refractivity contribution is 0.0768. The van der Waals surface area contributed by atoms with Gasteiger partial charge in [0.2, 0.25) is 0 Å². The van der Waals surface area contributed by atoms with Crippen LogP contribution < -0.4 is 0 Å². The van der Waals surface area contributed by atoms with E-state index in [-0.39, 0.29) is 23.1 Å². The average molecular weight is 506 g/mol. The van der Waals surface area contributed by atoms with Gasteiger partial charge in [0.05, 0.1) is 17.4 Å². The molecule has 0 radical (unpaired) electrons. The fraction of sp³-hybridized carbons (Fsp3) is 0.188. The third-order valence-corrected chi connectivity index (χ3v) is 8.38. The molecule has 1 aliphatic heterocycles. The number of rotatable bonds is 4. The van der Waals surface area contributed by atoms with Crippen molar-refractivity contribution < 1.29 is 13.6 Å². The minimum atomic E-state index is -0.406. The van der Waals surface area contributed by atoms with Crippen molar-refractivity contribution in [1.29, 1.82) is 0 Å². The molecule has 2 aliphatic rings. The number of carbonyl (C=O) groups excluding carboxylic acids is 1. The van der Waals surface area contributed by atoms with Crippen molar-refractivity contribution in [3.8, 4) is 5.69 Å². The smallest absolute Gasteiger partial charge is 0.253 e. The summed E-state index contributed by atoms with van der Waals surface area (Å²) in [6, 6.07) is 27.1. The molecule has 2 fully saturated rings. The lowest BCUT2D eigenvalue weighted by Gasteiger charge is -2.26. The van der Waals surface area contributed by atoms with Gasteiger partial charge in [0, 0.05) is 35.4 Å². The molecule has 1 amide bonds. The topological polar surface area (TPSA) is 38.1 Å². The van der Waals surface area contributed by atoms with Crippen LogP contribution in [-0.2, 0) is 5.41 Å². The Morgan fingerprint density at radius 1 is 0.921 bits per heavy atom. The van der Waals surface area contributed by atoms with Crippen molar-refractivity contribution in [3.63, 3.8) is 0 Å². The van der Waals surface area contributed by atoms with Crippen molar-refractivity contribution in [2.24, 2.45) is 5.92 Å². The summed E-state index contributed by atoms with van der Waals surface area (Å²) in [5.74, 6) is -0.260. The van der Waals surface area contributed by atoms with E-state index in [0.717, 1.165) is 22.2 Å². The number of nitrogens with zero attached hydrogens (tertiary/aromatic N) is 3. The van der Waals surface area contributed by atoms with E-state index in [0.29, 0.717) is 24.6 Å². The Kier molecular flexibility index (Phi) is 5.02. The van der Waals surface area contributed by atoms with Gasteiger partial charge in [0.1, 0.15) is 11.6 Å². The molecule has 0 unspecified atom stereocenters. The average Bonchev–Trinajstić information content (AvgIpc) is 3.19. The van der Waals surface area contributed by atoms with Crippen LogP contribution in [0.2, 0.25) is 0 Å². The van der Waals surface area contributed by atoms with Crippen LogP contribution in [0.15, 0.2) is 97.2 Å². The maximum absolute atomic E-state index is 13.9. The summed E-state index contributed by atoms with van der Waals surface area (Å²) in [6.45, 7) is 3.31. The molecule has 2 heterocycles. The van der Waals surface area contributed by atoms with E-state index in [1.165, 1.54) is 35.4 Å². The first-order chi connectivity index (χ1) is 18.5. The van der Waals surface area contributed by atoms with Crippen LogP contribution in [0.25, 0.3) is 16.6 Å². The van der Waals surface area contributed by atoms with E-state index in [2.05, 4.69) is 48.4 Å². The highest BCUT2D eigenvalue weighted by atomic mass is 19.1. The number of fused-ring (bicyclic) bond motifs is 2. The zero-order valence-corrected chi connectivity index (χ0v) is 20.8. The van der Waals surface area contributed by atoms with Crippen molar-refractivity contribution in [1.82, 2.24) is 14.7 Å². The zero-order chi connectivity index (χ0) is 26.0. The van der Waals surface area contributed by atoms with Gasteiger partial charge in [-0.3, -0.25) is 4.79 Å². The Hall–Kier alpha value is -4.32. The molecule has 1 saturated carbocycles. The molecule has 1 aromatic heterocycles. The fourth-order valence-corrected chi connectivity index (χ4v) is 6.69. The summed E-state index contributed by atoms with van der Waals surface area (Å²) in [6.07, 6.45) is 1.85. The Balaban J connectivity index is 1.30. The van der Waals surface area contributed by atoms with Gasteiger partial charge in [-0.25, -0.2) is 13.5 Å². The van der Waals surface area contributed by atoms with Crippen LogP contribution in [0.5, 0.6) is 0 Å². The summed E-state index contributed by atoms with van der Waals surface area (Å²) in [5.41, 5.74) is 5.53.